The molecular formula is C10H13Br3N2. The molecular weight excluding hydrogens is 388 g/mol. The molecule has 0 aliphatic heterocycles. The van der Waals surface area contributed by atoms with Crippen LogP contribution < -0.4 is 4.90 Å². The van der Waals surface area contributed by atoms with Gasteiger partial charge in [0.15, 0.2) is 0 Å². The molecule has 1 aromatic heterocycles. The maximum Gasteiger partial charge on any atom is 0.142 e. The van der Waals surface area contributed by atoms with Crippen molar-refractivity contribution in [2.24, 2.45) is 0 Å². The van der Waals surface area contributed by atoms with Gasteiger partial charge in [-0.3, -0.25) is 0 Å². The lowest BCUT2D eigenvalue weighted by atomic mass is 10.3. The average Bonchev–Trinajstić information content (AvgIpc) is 2.17. The third kappa shape index (κ3) is 4.04. The summed E-state index contributed by atoms with van der Waals surface area (Å²) >= 11 is 10.4. The van der Waals surface area contributed by atoms with Crippen LogP contribution in [0.1, 0.15) is 13.3 Å². The minimum atomic E-state index is 0.956. The van der Waals surface area contributed by atoms with Crippen molar-refractivity contribution in [2.45, 2.75) is 13.3 Å². The minimum absolute atomic E-state index is 0.956. The normalized spacial score (nSPS) is 10.4. The number of halogens is 3. The van der Waals surface area contributed by atoms with Crippen LogP contribution in [0.25, 0.3) is 0 Å². The zero-order valence-electron chi connectivity index (χ0n) is 8.51. The third-order valence-electron chi connectivity index (χ3n) is 1.94. The van der Waals surface area contributed by atoms with Crippen molar-refractivity contribution in [3.63, 3.8) is 0 Å². The van der Waals surface area contributed by atoms with Gasteiger partial charge in [-0.05, 0) is 44.3 Å². The highest BCUT2D eigenvalue weighted by molar-refractivity contribution is 9.11. The van der Waals surface area contributed by atoms with Crippen molar-refractivity contribution in [3.8, 4) is 0 Å². The van der Waals surface area contributed by atoms with E-state index in [1.54, 1.807) is 0 Å². The Balaban J connectivity index is 2.89. The zero-order valence-corrected chi connectivity index (χ0v) is 13.3. The first-order chi connectivity index (χ1) is 7.19. The van der Waals surface area contributed by atoms with Gasteiger partial charge in [-0.1, -0.05) is 22.9 Å². The van der Waals surface area contributed by atoms with Crippen LogP contribution in [0.15, 0.2) is 21.2 Å². The molecule has 2 nitrogen and oxygen atoms in total. The largest absolute Gasteiger partial charge is 0.355 e. The SMILES string of the molecule is CCCN(CCBr)c1ncc(Br)cc1Br. The molecule has 0 aromatic carbocycles. The molecule has 0 N–H and O–H groups in total. The first kappa shape index (κ1) is 13.5. The summed E-state index contributed by atoms with van der Waals surface area (Å²) in [6, 6.07) is 2.03. The molecule has 1 heterocycles. The summed E-state index contributed by atoms with van der Waals surface area (Å²) in [6.45, 7) is 4.17. The molecule has 5 heteroatoms. The molecule has 0 spiro atoms. The highest BCUT2D eigenvalue weighted by atomic mass is 79.9. The number of aromatic nitrogens is 1. The van der Waals surface area contributed by atoms with Crippen LogP contribution in [0.3, 0.4) is 0 Å². The van der Waals surface area contributed by atoms with Gasteiger partial charge in [0.2, 0.25) is 0 Å². The van der Waals surface area contributed by atoms with Crippen molar-refractivity contribution in [3.05, 3.63) is 21.2 Å². The Labute approximate surface area is 116 Å². The summed E-state index contributed by atoms with van der Waals surface area (Å²) in [5.41, 5.74) is 0. The monoisotopic (exact) mass is 398 g/mol. The fourth-order valence-electron chi connectivity index (χ4n) is 1.34. The van der Waals surface area contributed by atoms with E-state index in [-0.39, 0.29) is 0 Å². The fraction of sp³-hybridized carbons (Fsp3) is 0.500. The number of alkyl halides is 1. The molecule has 0 fully saturated rings. The molecule has 0 aliphatic carbocycles. The van der Waals surface area contributed by atoms with E-state index in [9.17, 15) is 0 Å². The van der Waals surface area contributed by atoms with Crippen molar-refractivity contribution in [1.82, 2.24) is 4.98 Å². The Hall–Kier alpha value is 0.390. The van der Waals surface area contributed by atoms with E-state index < -0.39 is 0 Å². The molecule has 0 amide bonds. The van der Waals surface area contributed by atoms with Gasteiger partial charge in [0.1, 0.15) is 5.82 Å². The second-order valence-corrected chi connectivity index (χ2v) is 5.70. The summed E-state index contributed by atoms with van der Waals surface area (Å²) in [5.74, 6) is 1.01. The van der Waals surface area contributed by atoms with Crippen LogP contribution in [-0.2, 0) is 0 Å². The molecule has 0 unspecified atom stereocenters. The van der Waals surface area contributed by atoms with E-state index in [0.717, 1.165) is 39.6 Å². The number of hydrogen-bond donors (Lipinski definition) is 0. The summed E-state index contributed by atoms with van der Waals surface area (Å²) in [5, 5.41) is 0.956. The summed E-state index contributed by atoms with van der Waals surface area (Å²) < 4.78 is 2.03. The lowest BCUT2D eigenvalue weighted by molar-refractivity contribution is 0.781. The summed E-state index contributed by atoms with van der Waals surface area (Å²) in [6.07, 6.45) is 2.95. The number of nitrogens with zero attached hydrogens (tertiary/aromatic N) is 2. The minimum Gasteiger partial charge on any atom is -0.355 e. The van der Waals surface area contributed by atoms with E-state index >= 15 is 0 Å². The Kier molecular flexibility index (Phi) is 6.16. The van der Waals surface area contributed by atoms with Crippen molar-refractivity contribution in [1.29, 1.82) is 0 Å². The van der Waals surface area contributed by atoms with E-state index in [4.69, 9.17) is 0 Å². The molecule has 0 atom stereocenters. The van der Waals surface area contributed by atoms with Gasteiger partial charge in [0.05, 0.1) is 4.47 Å². The molecule has 15 heavy (non-hydrogen) atoms. The van der Waals surface area contributed by atoms with Crippen molar-refractivity contribution in [2.75, 3.05) is 23.3 Å². The fourth-order valence-corrected chi connectivity index (χ4v) is 3.00. The number of rotatable bonds is 5. The molecule has 0 bridgehead atoms. The second-order valence-electron chi connectivity index (χ2n) is 3.13. The molecule has 84 valence electrons. The van der Waals surface area contributed by atoms with Crippen LogP contribution in [0.4, 0.5) is 5.82 Å². The third-order valence-corrected chi connectivity index (χ3v) is 3.31. The lowest BCUT2D eigenvalue weighted by Gasteiger charge is -2.23. The summed E-state index contributed by atoms with van der Waals surface area (Å²) in [4.78, 5) is 6.70. The Morgan fingerprint density at radius 3 is 2.60 bits per heavy atom. The van der Waals surface area contributed by atoms with Gasteiger partial charge < -0.3 is 4.90 Å². The van der Waals surface area contributed by atoms with E-state index in [2.05, 4.69) is 64.6 Å². The second kappa shape index (κ2) is 6.86. The topological polar surface area (TPSA) is 16.1 Å². The molecule has 0 saturated heterocycles. The van der Waals surface area contributed by atoms with Crippen LogP contribution in [0.5, 0.6) is 0 Å². The van der Waals surface area contributed by atoms with Gasteiger partial charge in [-0.15, -0.1) is 0 Å². The summed E-state index contributed by atoms with van der Waals surface area (Å²) in [7, 11) is 0. The van der Waals surface area contributed by atoms with Gasteiger partial charge in [-0.2, -0.15) is 0 Å². The highest BCUT2D eigenvalue weighted by Crippen LogP contribution is 2.26. The average molecular weight is 401 g/mol. The predicted molar refractivity (Wildman–Crippen MR) is 75.9 cm³/mol. The van der Waals surface area contributed by atoms with Gasteiger partial charge in [0.25, 0.3) is 0 Å². The Morgan fingerprint density at radius 1 is 1.33 bits per heavy atom. The molecule has 0 radical (unpaired) electrons. The lowest BCUT2D eigenvalue weighted by Crippen LogP contribution is -2.27. The van der Waals surface area contributed by atoms with Gasteiger partial charge in [0, 0.05) is 29.1 Å². The van der Waals surface area contributed by atoms with Crippen molar-refractivity contribution >= 4 is 53.6 Å². The van der Waals surface area contributed by atoms with Crippen LogP contribution >= 0.6 is 47.8 Å². The maximum atomic E-state index is 4.43. The van der Waals surface area contributed by atoms with Crippen LogP contribution in [-0.4, -0.2) is 23.4 Å². The maximum absolute atomic E-state index is 4.43. The molecule has 0 saturated carbocycles. The van der Waals surface area contributed by atoms with Crippen LogP contribution in [0.2, 0.25) is 0 Å². The quantitative estimate of drug-likeness (QED) is 0.688. The van der Waals surface area contributed by atoms with E-state index in [1.165, 1.54) is 0 Å². The predicted octanol–water partition coefficient (Wildman–Crippen LogP) is 4.22. The number of anilines is 1. The van der Waals surface area contributed by atoms with Crippen molar-refractivity contribution < 1.29 is 0 Å². The van der Waals surface area contributed by atoms with Gasteiger partial charge >= 0.3 is 0 Å². The van der Waals surface area contributed by atoms with Crippen LogP contribution in [0, 0.1) is 0 Å². The number of pyridine rings is 1. The molecule has 1 aromatic rings. The standard InChI is InChI=1S/C10H13Br3N2/c1-2-4-15(5-3-11)10-9(13)6-8(12)7-14-10/h6-7H,2-5H2,1H3. The smallest absolute Gasteiger partial charge is 0.142 e. The first-order valence-electron chi connectivity index (χ1n) is 4.81. The van der Waals surface area contributed by atoms with E-state index in [1.807, 2.05) is 12.3 Å². The molecule has 1 rings (SSSR count). The highest BCUT2D eigenvalue weighted by Gasteiger charge is 2.10. The Morgan fingerprint density at radius 2 is 2.07 bits per heavy atom. The number of hydrogen-bond acceptors (Lipinski definition) is 2. The Bertz CT molecular complexity index is 312. The van der Waals surface area contributed by atoms with E-state index in [0.29, 0.717) is 0 Å². The zero-order chi connectivity index (χ0) is 11.3. The van der Waals surface area contributed by atoms with Gasteiger partial charge in [-0.25, -0.2) is 4.98 Å². The first-order valence-corrected chi connectivity index (χ1v) is 7.51. The molecule has 0 aliphatic rings.